The highest BCUT2D eigenvalue weighted by molar-refractivity contribution is 7.99. The number of methoxy groups -OCH3 is 1. The second kappa shape index (κ2) is 5.66. The van der Waals surface area contributed by atoms with Gasteiger partial charge in [0, 0.05) is 10.6 Å². The molecule has 4 heteroatoms. The highest BCUT2D eigenvalue weighted by Gasteiger charge is 2.12. The lowest BCUT2D eigenvalue weighted by molar-refractivity contribution is -0.143. The summed E-state index contributed by atoms with van der Waals surface area (Å²) in [6.45, 7) is 1.83. The van der Waals surface area contributed by atoms with E-state index in [1.165, 1.54) is 7.11 Å². The number of ether oxygens (including phenoxy) is 1. The van der Waals surface area contributed by atoms with Crippen molar-refractivity contribution in [1.82, 2.24) is 0 Å². The molecule has 3 nitrogen and oxygen atoms in total. The maximum absolute atomic E-state index is 11.1. The average molecular weight is 226 g/mol. The Labute approximate surface area is 93.4 Å². The molecule has 0 radical (unpaired) electrons. The lowest BCUT2D eigenvalue weighted by atomic mass is 10.2. The van der Waals surface area contributed by atoms with E-state index < -0.39 is 0 Å². The topological polar surface area (TPSA) is 46.5 Å². The van der Waals surface area contributed by atoms with Gasteiger partial charge in [-0.2, -0.15) is 0 Å². The Morgan fingerprint density at radius 3 is 2.60 bits per heavy atom. The van der Waals surface area contributed by atoms with Gasteiger partial charge in [0.2, 0.25) is 0 Å². The van der Waals surface area contributed by atoms with Crippen LogP contribution in [-0.2, 0) is 9.53 Å². The highest BCUT2D eigenvalue weighted by atomic mass is 32.2. The number of phenols is 1. The highest BCUT2D eigenvalue weighted by Crippen LogP contribution is 2.23. The van der Waals surface area contributed by atoms with E-state index in [-0.39, 0.29) is 17.6 Å². The van der Waals surface area contributed by atoms with Gasteiger partial charge in [-0.3, -0.25) is 4.79 Å². The summed E-state index contributed by atoms with van der Waals surface area (Å²) in [5, 5.41) is 9.08. The van der Waals surface area contributed by atoms with Crippen molar-refractivity contribution in [3.63, 3.8) is 0 Å². The van der Waals surface area contributed by atoms with Crippen molar-refractivity contribution >= 4 is 17.7 Å². The predicted octanol–water partition coefficient (Wildman–Crippen LogP) is 2.29. The third kappa shape index (κ3) is 3.83. The molecule has 0 aliphatic carbocycles. The van der Waals surface area contributed by atoms with Crippen LogP contribution < -0.4 is 0 Å². The van der Waals surface area contributed by atoms with Crippen LogP contribution in [0.15, 0.2) is 29.2 Å². The second-order valence-corrected chi connectivity index (χ2v) is 4.32. The standard InChI is InChI=1S/C11H14O3S/c1-8(11(13)14-2)7-15-10-5-3-9(12)4-6-10/h3-6,8,12H,7H2,1-2H3. The Morgan fingerprint density at radius 1 is 1.47 bits per heavy atom. The fourth-order valence-corrected chi connectivity index (χ4v) is 1.94. The van der Waals surface area contributed by atoms with Gasteiger partial charge in [0.15, 0.2) is 0 Å². The summed E-state index contributed by atoms with van der Waals surface area (Å²) >= 11 is 1.57. The third-order valence-electron chi connectivity index (χ3n) is 1.94. The molecular formula is C11H14O3S. The molecule has 0 aliphatic rings. The molecule has 0 aromatic heterocycles. The van der Waals surface area contributed by atoms with Crippen LogP contribution in [0.4, 0.5) is 0 Å². The van der Waals surface area contributed by atoms with E-state index >= 15 is 0 Å². The van der Waals surface area contributed by atoms with Gasteiger partial charge < -0.3 is 9.84 Å². The number of rotatable bonds is 4. The zero-order valence-corrected chi connectivity index (χ0v) is 9.58. The Balaban J connectivity index is 2.43. The van der Waals surface area contributed by atoms with Gasteiger partial charge in [0.05, 0.1) is 13.0 Å². The molecule has 0 aliphatic heterocycles. The zero-order valence-electron chi connectivity index (χ0n) is 8.77. The molecule has 0 bridgehead atoms. The van der Waals surface area contributed by atoms with Crippen molar-refractivity contribution in [2.75, 3.05) is 12.9 Å². The lowest BCUT2D eigenvalue weighted by Crippen LogP contribution is -2.14. The maximum atomic E-state index is 11.1. The minimum Gasteiger partial charge on any atom is -0.508 e. The van der Waals surface area contributed by atoms with Crippen LogP contribution in [0.2, 0.25) is 0 Å². The number of benzene rings is 1. The first kappa shape index (κ1) is 11.9. The molecule has 82 valence electrons. The van der Waals surface area contributed by atoms with Crippen molar-refractivity contribution in [2.45, 2.75) is 11.8 Å². The minimum absolute atomic E-state index is 0.117. The molecule has 0 amide bonds. The van der Waals surface area contributed by atoms with E-state index in [9.17, 15) is 4.79 Å². The second-order valence-electron chi connectivity index (χ2n) is 3.23. The van der Waals surface area contributed by atoms with Crippen LogP contribution in [0.1, 0.15) is 6.92 Å². The van der Waals surface area contributed by atoms with Gasteiger partial charge in [0.1, 0.15) is 5.75 Å². The smallest absolute Gasteiger partial charge is 0.309 e. The van der Waals surface area contributed by atoms with Crippen LogP contribution >= 0.6 is 11.8 Å². The van der Waals surface area contributed by atoms with E-state index in [4.69, 9.17) is 5.11 Å². The first-order chi connectivity index (χ1) is 7.13. The van der Waals surface area contributed by atoms with Crippen molar-refractivity contribution in [3.8, 4) is 5.75 Å². The molecule has 0 spiro atoms. The molecule has 0 fully saturated rings. The number of carbonyl (C=O) groups excluding carboxylic acids is 1. The van der Waals surface area contributed by atoms with Gasteiger partial charge in [-0.15, -0.1) is 11.8 Å². The number of phenolic OH excluding ortho intramolecular Hbond substituents is 1. The summed E-state index contributed by atoms with van der Waals surface area (Å²) in [6, 6.07) is 6.91. The summed E-state index contributed by atoms with van der Waals surface area (Å²) < 4.78 is 4.63. The van der Waals surface area contributed by atoms with Crippen molar-refractivity contribution < 1.29 is 14.6 Å². The largest absolute Gasteiger partial charge is 0.508 e. The van der Waals surface area contributed by atoms with Crippen LogP contribution in [0, 0.1) is 5.92 Å². The SMILES string of the molecule is COC(=O)C(C)CSc1ccc(O)cc1. The molecule has 1 N–H and O–H groups in total. The van der Waals surface area contributed by atoms with Gasteiger partial charge in [0.25, 0.3) is 0 Å². The van der Waals surface area contributed by atoms with Gasteiger partial charge in [-0.1, -0.05) is 6.92 Å². The molecule has 15 heavy (non-hydrogen) atoms. The Kier molecular flexibility index (Phi) is 4.49. The van der Waals surface area contributed by atoms with Crippen LogP contribution in [0.3, 0.4) is 0 Å². The summed E-state index contributed by atoms with van der Waals surface area (Å²) in [7, 11) is 1.39. The van der Waals surface area contributed by atoms with E-state index in [1.807, 2.05) is 19.1 Å². The molecule has 1 rings (SSSR count). The molecular weight excluding hydrogens is 212 g/mol. The van der Waals surface area contributed by atoms with Crippen molar-refractivity contribution in [1.29, 1.82) is 0 Å². The molecule has 1 aromatic carbocycles. The maximum Gasteiger partial charge on any atom is 0.309 e. The number of hydrogen-bond donors (Lipinski definition) is 1. The van der Waals surface area contributed by atoms with Crippen molar-refractivity contribution in [3.05, 3.63) is 24.3 Å². The fraction of sp³-hybridized carbons (Fsp3) is 0.364. The van der Waals surface area contributed by atoms with E-state index in [2.05, 4.69) is 4.74 Å². The summed E-state index contributed by atoms with van der Waals surface area (Å²) in [4.78, 5) is 12.1. The lowest BCUT2D eigenvalue weighted by Gasteiger charge is -2.08. The van der Waals surface area contributed by atoms with E-state index in [0.29, 0.717) is 5.75 Å². The van der Waals surface area contributed by atoms with Crippen LogP contribution in [-0.4, -0.2) is 23.9 Å². The first-order valence-electron chi connectivity index (χ1n) is 4.63. The molecule has 1 aromatic rings. The number of carbonyl (C=O) groups is 1. The average Bonchev–Trinajstić information content (AvgIpc) is 2.26. The number of aromatic hydroxyl groups is 1. The number of thioether (sulfide) groups is 1. The molecule has 1 unspecified atom stereocenters. The Bertz CT molecular complexity index is 321. The van der Waals surface area contributed by atoms with Crippen LogP contribution in [0.5, 0.6) is 5.75 Å². The molecule has 0 saturated heterocycles. The third-order valence-corrected chi connectivity index (χ3v) is 3.21. The molecule has 1 atom stereocenters. The molecule has 0 saturated carbocycles. The first-order valence-corrected chi connectivity index (χ1v) is 5.61. The van der Waals surface area contributed by atoms with E-state index in [1.54, 1.807) is 23.9 Å². The number of esters is 1. The van der Waals surface area contributed by atoms with Gasteiger partial charge >= 0.3 is 5.97 Å². The van der Waals surface area contributed by atoms with Crippen LogP contribution in [0.25, 0.3) is 0 Å². The van der Waals surface area contributed by atoms with Gasteiger partial charge in [-0.25, -0.2) is 0 Å². The fourth-order valence-electron chi connectivity index (χ4n) is 1.03. The van der Waals surface area contributed by atoms with Gasteiger partial charge in [-0.05, 0) is 24.3 Å². The predicted molar refractivity (Wildman–Crippen MR) is 60.0 cm³/mol. The quantitative estimate of drug-likeness (QED) is 0.632. The monoisotopic (exact) mass is 226 g/mol. The zero-order chi connectivity index (χ0) is 11.3. The minimum atomic E-state index is -0.193. The number of hydrogen-bond acceptors (Lipinski definition) is 4. The molecule has 0 heterocycles. The summed E-state index contributed by atoms with van der Waals surface area (Å²) in [5.74, 6) is 0.618. The summed E-state index contributed by atoms with van der Waals surface area (Å²) in [5.41, 5.74) is 0. The van der Waals surface area contributed by atoms with Crippen molar-refractivity contribution in [2.24, 2.45) is 5.92 Å². The summed E-state index contributed by atoms with van der Waals surface area (Å²) in [6.07, 6.45) is 0. The normalized spacial score (nSPS) is 12.1. The Morgan fingerprint density at radius 2 is 2.07 bits per heavy atom. The van der Waals surface area contributed by atoms with E-state index in [0.717, 1.165) is 4.90 Å². The Hall–Kier alpha value is -1.16.